The molecule has 1 aromatic carbocycles. The van der Waals surface area contributed by atoms with Crippen LogP contribution in [0.3, 0.4) is 0 Å². The van der Waals surface area contributed by atoms with Crippen molar-refractivity contribution in [3.63, 3.8) is 0 Å². The van der Waals surface area contributed by atoms with Crippen LogP contribution in [0.5, 0.6) is 0 Å². The molecule has 0 amide bonds. The maximum Gasteiger partial charge on any atom is 0.0427 e. The predicted molar refractivity (Wildman–Crippen MR) is 82.5 cm³/mol. The first-order valence-corrected chi connectivity index (χ1v) is 7.51. The second-order valence-electron chi connectivity index (χ2n) is 5.65. The molecule has 1 unspecified atom stereocenters. The summed E-state index contributed by atoms with van der Waals surface area (Å²) in [6.07, 6.45) is 1.16. The Morgan fingerprint density at radius 3 is 2.50 bits per heavy atom. The van der Waals surface area contributed by atoms with Crippen LogP contribution in [0.25, 0.3) is 0 Å². The molecule has 1 heterocycles. The largest absolute Gasteiger partial charge is 0.368 e. The molecule has 0 aliphatic carbocycles. The average molecular weight is 311 g/mol. The number of aryl methyl sites for hydroxylation is 2. The Labute approximate surface area is 119 Å². The smallest absolute Gasteiger partial charge is 0.0427 e. The Balaban J connectivity index is 2.32. The van der Waals surface area contributed by atoms with E-state index in [0.29, 0.717) is 0 Å². The van der Waals surface area contributed by atoms with Gasteiger partial charge in [-0.15, -0.1) is 0 Å². The van der Waals surface area contributed by atoms with Crippen molar-refractivity contribution in [1.29, 1.82) is 0 Å². The maximum atomic E-state index is 3.64. The summed E-state index contributed by atoms with van der Waals surface area (Å²) < 4.78 is 1.18. The number of nitrogens with zero attached hydrogens (tertiary/aromatic N) is 1. The summed E-state index contributed by atoms with van der Waals surface area (Å²) in [4.78, 5) is 2.54. The number of halogens is 1. The molecule has 1 aliphatic heterocycles. The van der Waals surface area contributed by atoms with Crippen LogP contribution in [-0.2, 0) is 0 Å². The van der Waals surface area contributed by atoms with Gasteiger partial charge in [-0.3, -0.25) is 0 Å². The van der Waals surface area contributed by atoms with Crippen molar-refractivity contribution in [3.8, 4) is 0 Å². The summed E-state index contributed by atoms with van der Waals surface area (Å²) in [5.74, 6) is 0. The number of piperazine rings is 1. The number of benzene rings is 1. The van der Waals surface area contributed by atoms with Gasteiger partial charge in [0.2, 0.25) is 0 Å². The van der Waals surface area contributed by atoms with Gasteiger partial charge in [0.25, 0.3) is 0 Å². The average Bonchev–Trinajstić information content (AvgIpc) is 2.28. The van der Waals surface area contributed by atoms with Crippen LogP contribution in [0.1, 0.15) is 31.4 Å². The third-order valence-corrected chi connectivity index (χ3v) is 4.48. The molecule has 0 saturated carbocycles. The van der Waals surface area contributed by atoms with Gasteiger partial charge in [-0.2, -0.15) is 0 Å². The molecular formula is C15H23BrN2. The molecule has 1 aromatic rings. The van der Waals surface area contributed by atoms with E-state index in [1.807, 2.05) is 0 Å². The van der Waals surface area contributed by atoms with Crippen LogP contribution >= 0.6 is 15.9 Å². The first-order chi connectivity index (χ1) is 8.45. The van der Waals surface area contributed by atoms with E-state index in [9.17, 15) is 0 Å². The lowest BCUT2D eigenvalue weighted by atomic mass is 9.94. The van der Waals surface area contributed by atoms with Gasteiger partial charge in [0.05, 0.1) is 0 Å². The van der Waals surface area contributed by atoms with Gasteiger partial charge in [0.15, 0.2) is 0 Å². The Morgan fingerprint density at radius 2 is 1.94 bits per heavy atom. The number of hydrogen-bond acceptors (Lipinski definition) is 2. The van der Waals surface area contributed by atoms with Crippen molar-refractivity contribution in [2.24, 2.45) is 0 Å². The second kappa shape index (κ2) is 5.22. The summed E-state index contributed by atoms with van der Waals surface area (Å²) in [6, 6.07) is 4.43. The van der Waals surface area contributed by atoms with Crippen LogP contribution in [-0.4, -0.2) is 25.2 Å². The highest BCUT2D eigenvalue weighted by Gasteiger charge is 2.29. The fraction of sp³-hybridized carbons (Fsp3) is 0.600. The van der Waals surface area contributed by atoms with E-state index in [4.69, 9.17) is 0 Å². The molecule has 1 aliphatic rings. The summed E-state index contributed by atoms with van der Waals surface area (Å²) in [7, 11) is 0. The Bertz CT molecular complexity index is 421. The van der Waals surface area contributed by atoms with E-state index in [1.54, 1.807) is 0 Å². The summed E-state index contributed by atoms with van der Waals surface area (Å²) in [6.45, 7) is 12.3. The van der Waals surface area contributed by atoms with Crippen molar-refractivity contribution in [2.75, 3.05) is 24.5 Å². The normalized spacial score (nSPS) is 24.4. The Kier molecular flexibility index (Phi) is 4.02. The topological polar surface area (TPSA) is 15.3 Å². The molecule has 1 saturated heterocycles. The molecule has 0 spiro atoms. The molecule has 2 nitrogen and oxygen atoms in total. The Morgan fingerprint density at radius 1 is 1.33 bits per heavy atom. The van der Waals surface area contributed by atoms with Crippen LogP contribution < -0.4 is 10.2 Å². The zero-order valence-electron chi connectivity index (χ0n) is 11.8. The van der Waals surface area contributed by atoms with Gasteiger partial charge in [-0.1, -0.05) is 22.9 Å². The first-order valence-electron chi connectivity index (χ1n) is 6.72. The molecule has 18 heavy (non-hydrogen) atoms. The quantitative estimate of drug-likeness (QED) is 0.897. The van der Waals surface area contributed by atoms with Crippen LogP contribution in [0.2, 0.25) is 0 Å². The van der Waals surface area contributed by atoms with Crippen molar-refractivity contribution < 1.29 is 0 Å². The summed E-state index contributed by atoms with van der Waals surface area (Å²) >= 11 is 3.58. The van der Waals surface area contributed by atoms with E-state index >= 15 is 0 Å². The molecule has 0 bridgehead atoms. The first kappa shape index (κ1) is 13.9. The highest BCUT2D eigenvalue weighted by molar-refractivity contribution is 9.10. The number of rotatable bonds is 2. The monoisotopic (exact) mass is 310 g/mol. The van der Waals surface area contributed by atoms with E-state index in [2.05, 4.69) is 66.0 Å². The highest BCUT2D eigenvalue weighted by Crippen LogP contribution is 2.31. The van der Waals surface area contributed by atoms with Gasteiger partial charge >= 0.3 is 0 Å². The molecule has 100 valence electrons. The lowest BCUT2D eigenvalue weighted by Crippen LogP contribution is -2.58. The minimum atomic E-state index is 0.240. The van der Waals surface area contributed by atoms with Crippen LogP contribution in [0, 0.1) is 13.8 Å². The third kappa shape index (κ3) is 2.72. The van der Waals surface area contributed by atoms with Crippen molar-refractivity contribution in [2.45, 2.75) is 39.7 Å². The van der Waals surface area contributed by atoms with Crippen LogP contribution in [0.15, 0.2) is 16.6 Å². The fourth-order valence-corrected chi connectivity index (χ4v) is 3.57. The van der Waals surface area contributed by atoms with Crippen molar-refractivity contribution in [1.82, 2.24) is 5.32 Å². The highest BCUT2D eigenvalue weighted by atomic mass is 79.9. The molecular weight excluding hydrogens is 288 g/mol. The molecule has 1 fully saturated rings. The zero-order chi connectivity index (χ0) is 13.3. The molecule has 0 radical (unpaired) electrons. The maximum absolute atomic E-state index is 3.64. The summed E-state index contributed by atoms with van der Waals surface area (Å²) in [5.41, 5.74) is 4.38. The second-order valence-corrected chi connectivity index (χ2v) is 6.57. The van der Waals surface area contributed by atoms with E-state index < -0.39 is 0 Å². The van der Waals surface area contributed by atoms with Crippen LogP contribution in [0.4, 0.5) is 5.69 Å². The zero-order valence-corrected chi connectivity index (χ0v) is 13.4. The van der Waals surface area contributed by atoms with Gasteiger partial charge in [0.1, 0.15) is 0 Å². The number of anilines is 1. The SMILES string of the molecule is CCC1(C)CN(c2c(C)cc(Br)cc2C)CCN1. The molecule has 1 atom stereocenters. The summed E-state index contributed by atoms with van der Waals surface area (Å²) in [5, 5.41) is 3.64. The van der Waals surface area contributed by atoms with E-state index in [0.717, 1.165) is 26.1 Å². The number of hydrogen-bond donors (Lipinski definition) is 1. The van der Waals surface area contributed by atoms with Gasteiger partial charge in [-0.05, 0) is 50.5 Å². The molecule has 1 N–H and O–H groups in total. The Hall–Kier alpha value is -0.540. The molecule has 0 aromatic heterocycles. The fourth-order valence-electron chi connectivity index (χ4n) is 2.88. The lowest BCUT2D eigenvalue weighted by molar-refractivity contribution is 0.314. The third-order valence-electron chi connectivity index (χ3n) is 4.03. The minimum absolute atomic E-state index is 0.240. The van der Waals surface area contributed by atoms with E-state index in [1.165, 1.54) is 21.3 Å². The van der Waals surface area contributed by atoms with Gasteiger partial charge in [-0.25, -0.2) is 0 Å². The van der Waals surface area contributed by atoms with E-state index in [-0.39, 0.29) is 5.54 Å². The van der Waals surface area contributed by atoms with Gasteiger partial charge in [0, 0.05) is 35.3 Å². The van der Waals surface area contributed by atoms with Gasteiger partial charge < -0.3 is 10.2 Å². The van der Waals surface area contributed by atoms with Crippen molar-refractivity contribution in [3.05, 3.63) is 27.7 Å². The molecule has 3 heteroatoms. The molecule has 2 rings (SSSR count). The van der Waals surface area contributed by atoms with Crippen molar-refractivity contribution >= 4 is 21.6 Å². The minimum Gasteiger partial charge on any atom is -0.368 e. The lowest BCUT2D eigenvalue weighted by Gasteiger charge is -2.43. The number of nitrogens with one attached hydrogen (secondary N) is 1. The standard InChI is InChI=1S/C15H23BrN2/c1-5-15(4)10-18(7-6-17-15)14-11(2)8-13(16)9-12(14)3/h8-9,17H,5-7,10H2,1-4H3. The predicted octanol–water partition coefficient (Wildman–Crippen LogP) is 3.64.